The van der Waals surface area contributed by atoms with Crippen molar-refractivity contribution < 1.29 is 23.9 Å². The van der Waals surface area contributed by atoms with Crippen molar-refractivity contribution in [2.75, 3.05) is 12.0 Å². The van der Waals surface area contributed by atoms with E-state index in [2.05, 4.69) is 27.9 Å². The monoisotopic (exact) mass is 534 g/mol. The Morgan fingerprint density at radius 3 is 2.52 bits per heavy atom. The Bertz CT molecular complexity index is 1080. The molecule has 3 rings (SSSR count). The largest absolute Gasteiger partial charge is 0.493 e. The maximum atomic E-state index is 13.2. The van der Waals surface area contributed by atoms with Gasteiger partial charge >= 0.3 is 6.03 Å². The molecule has 1 fully saturated rings. The number of anilines is 1. The number of carbonyl (C=O) groups excluding carboxylic acids is 3. The van der Waals surface area contributed by atoms with E-state index in [9.17, 15) is 14.4 Å². The summed E-state index contributed by atoms with van der Waals surface area (Å²) in [7, 11) is 1.52. The van der Waals surface area contributed by atoms with Crippen LogP contribution in [0.3, 0.4) is 0 Å². The number of urea groups is 1. The van der Waals surface area contributed by atoms with Gasteiger partial charge in [-0.3, -0.25) is 14.9 Å². The summed E-state index contributed by atoms with van der Waals surface area (Å²) >= 11 is 2.11. The highest BCUT2D eigenvalue weighted by atomic mass is 127. The van der Waals surface area contributed by atoms with Crippen LogP contribution in [0.25, 0.3) is 6.08 Å². The highest BCUT2D eigenvalue weighted by molar-refractivity contribution is 14.1. The third kappa shape index (κ3) is 4.73. The number of amides is 4. The topological polar surface area (TPSA) is 84.9 Å². The highest BCUT2D eigenvalue weighted by Crippen LogP contribution is 2.35. The molecule has 162 valence electrons. The molecule has 1 aliphatic rings. The summed E-state index contributed by atoms with van der Waals surface area (Å²) in [5, 5.41) is 2.26. The van der Waals surface area contributed by atoms with Gasteiger partial charge in [0.05, 0.1) is 22.5 Å². The van der Waals surface area contributed by atoms with Crippen LogP contribution >= 0.6 is 22.6 Å². The van der Waals surface area contributed by atoms with Crippen LogP contribution in [0.15, 0.2) is 42.0 Å². The van der Waals surface area contributed by atoms with E-state index in [1.165, 1.54) is 13.2 Å². The fourth-order valence-corrected chi connectivity index (χ4v) is 4.00. The summed E-state index contributed by atoms with van der Waals surface area (Å²) in [4.78, 5) is 39.2. The number of benzene rings is 2. The summed E-state index contributed by atoms with van der Waals surface area (Å²) in [6.45, 7) is 5.76. The van der Waals surface area contributed by atoms with Gasteiger partial charge in [0.15, 0.2) is 11.5 Å². The van der Waals surface area contributed by atoms with Crippen LogP contribution in [0.1, 0.15) is 31.9 Å². The van der Waals surface area contributed by atoms with E-state index in [1.807, 2.05) is 32.9 Å². The summed E-state index contributed by atoms with van der Waals surface area (Å²) in [6.07, 6.45) is 2.04. The summed E-state index contributed by atoms with van der Waals surface area (Å²) in [5.74, 6) is -0.337. The molecule has 0 spiro atoms. The van der Waals surface area contributed by atoms with Gasteiger partial charge in [-0.15, -0.1) is 0 Å². The molecule has 0 saturated carbocycles. The molecule has 0 aliphatic carbocycles. The zero-order valence-electron chi connectivity index (χ0n) is 17.7. The van der Waals surface area contributed by atoms with Gasteiger partial charge in [-0.2, -0.15) is 0 Å². The number of barbiturate groups is 1. The molecule has 0 radical (unpaired) electrons. The average Bonchev–Trinajstić information content (AvgIpc) is 2.72. The predicted molar refractivity (Wildman–Crippen MR) is 126 cm³/mol. The molecule has 1 N–H and O–H groups in total. The Labute approximate surface area is 194 Å². The van der Waals surface area contributed by atoms with E-state index >= 15 is 0 Å². The van der Waals surface area contributed by atoms with E-state index in [0.29, 0.717) is 29.2 Å². The van der Waals surface area contributed by atoms with E-state index in [1.54, 1.807) is 24.3 Å². The number of rotatable bonds is 6. The van der Waals surface area contributed by atoms with Crippen molar-refractivity contribution in [1.29, 1.82) is 0 Å². The lowest BCUT2D eigenvalue weighted by atomic mass is 10.0. The molecule has 7 nitrogen and oxygen atoms in total. The number of hydrogen-bond acceptors (Lipinski definition) is 5. The second-order valence-electron chi connectivity index (χ2n) is 7.14. The minimum absolute atomic E-state index is 0.0458. The average molecular weight is 534 g/mol. The zero-order chi connectivity index (χ0) is 22.7. The summed E-state index contributed by atoms with van der Waals surface area (Å²) < 4.78 is 12.0. The first kappa shape index (κ1) is 22.8. The van der Waals surface area contributed by atoms with Gasteiger partial charge in [0.2, 0.25) is 0 Å². The molecule has 0 atom stereocenters. The molecule has 1 heterocycles. The van der Waals surface area contributed by atoms with E-state index < -0.39 is 17.8 Å². The van der Waals surface area contributed by atoms with Gasteiger partial charge in [0.25, 0.3) is 11.8 Å². The Hall–Kier alpha value is -2.88. The van der Waals surface area contributed by atoms with Crippen molar-refractivity contribution in [2.45, 2.75) is 33.3 Å². The number of aryl methyl sites for hydroxylation is 1. The van der Waals surface area contributed by atoms with E-state index in [-0.39, 0.29) is 11.7 Å². The number of halogens is 1. The van der Waals surface area contributed by atoms with Gasteiger partial charge in [-0.25, -0.2) is 9.69 Å². The minimum atomic E-state index is -0.763. The van der Waals surface area contributed by atoms with Crippen LogP contribution in [0.4, 0.5) is 10.5 Å². The van der Waals surface area contributed by atoms with Crippen molar-refractivity contribution in [2.24, 2.45) is 0 Å². The second kappa shape index (κ2) is 9.51. The lowest BCUT2D eigenvalue weighted by molar-refractivity contribution is -0.122. The fourth-order valence-electron chi connectivity index (χ4n) is 3.24. The first-order chi connectivity index (χ1) is 14.8. The van der Waals surface area contributed by atoms with Gasteiger partial charge in [-0.1, -0.05) is 25.1 Å². The molecular weight excluding hydrogens is 511 g/mol. The Morgan fingerprint density at radius 2 is 1.87 bits per heavy atom. The maximum Gasteiger partial charge on any atom is 0.335 e. The summed E-state index contributed by atoms with van der Waals surface area (Å²) in [5.41, 5.74) is 1.72. The lowest BCUT2D eigenvalue weighted by Gasteiger charge is -2.28. The molecule has 0 aromatic heterocycles. The van der Waals surface area contributed by atoms with Crippen molar-refractivity contribution in [3.63, 3.8) is 0 Å². The standard InChI is InChI=1S/C23H23IN2O5/c1-5-15-8-6-7-9-18(15)26-22(28)16(21(27)25-23(26)29)10-14-11-17(24)20(31-13(2)3)19(12-14)30-4/h6-13H,5H2,1-4H3,(H,25,27,29)/b16-10-. The van der Waals surface area contributed by atoms with Crippen LogP contribution < -0.4 is 19.7 Å². The van der Waals surface area contributed by atoms with Crippen molar-refractivity contribution in [3.8, 4) is 11.5 Å². The quantitative estimate of drug-likeness (QED) is 0.339. The van der Waals surface area contributed by atoms with Crippen LogP contribution in [-0.4, -0.2) is 31.1 Å². The molecule has 8 heteroatoms. The lowest BCUT2D eigenvalue weighted by Crippen LogP contribution is -2.54. The normalized spacial score (nSPS) is 15.5. The minimum Gasteiger partial charge on any atom is -0.493 e. The van der Waals surface area contributed by atoms with Crippen molar-refractivity contribution in [3.05, 3.63) is 56.7 Å². The fraction of sp³-hybridized carbons (Fsp3) is 0.261. The number of carbonyl (C=O) groups is 3. The number of hydrogen-bond donors (Lipinski definition) is 1. The maximum absolute atomic E-state index is 13.2. The predicted octanol–water partition coefficient (Wildman–Crippen LogP) is 4.32. The third-order valence-corrected chi connectivity index (χ3v) is 5.43. The molecule has 4 amide bonds. The third-order valence-electron chi connectivity index (χ3n) is 4.63. The van der Waals surface area contributed by atoms with Gasteiger partial charge in [0.1, 0.15) is 5.57 Å². The smallest absolute Gasteiger partial charge is 0.335 e. The van der Waals surface area contributed by atoms with Crippen LogP contribution in [0, 0.1) is 3.57 Å². The second-order valence-corrected chi connectivity index (χ2v) is 8.30. The molecule has 31 heavy (non-hydrogen) atoms. The number of nitrogens with one attached hydrogen (secondary N) is 1. The SMILES string of the molecule is CCc1ccccc1N1C(=O)NC(=O)/C(=C/c2cc(I)c(OC(C)C)c(OC)c2)C1=O. The van der Waals surface area contributed by atoms with E-state index in [0.717, 1.165) is 14.0 Å². The van der Waals surface area contributed by atoms with Gasteiger partial charge < -0.3 is 9.47 Å². The number of para-hydroxylation sites is 1. The van der Waals surface area contributed by atoms with Crippen molar-refractivity contribution in [1.82, 2.24) is 5.32 Å². The highest BCUT2D eigenvalue weighted by Gasteiger charge is 2.37. The molecule has 0 bridgehead atoms. The van der Waals surface area contributed by atoms with Crippen LogP contribution in [0.2, 0.25) is 0 Å². The first-order valence-corrected chi connectivity index (χ1v) is 10.9. The summed E-state index contributed by atoms with van der Waals surface area (Å²) in [6, 6.07) is 9.83. The van der Waals surface area contributed by atoms with Gasteiger partial charge in [0, 0.05) is 0 Å². The zero-order valence-corrected chi connectivity index (χ0v) is 19.8. The molecule has 1 aliphatic heterocycles. The molecule has 1 saturated heterocycles. The van der Waals surface area contributed by atoms with Crippen LogP contribution in [-0.2, 0) is 16.0 Å². The Morgan fingerprint density at radius 1 is 1.16 bits per heavy atom. The van der Waals surface area contributed by atoms with Crippen molar-refractivity contribution >= 4 is 52.2 Å². The molecular formula is C23H23IN2O5. The Balaban J connectivity index is 2.05. The molecule has 0 unspecified atom stereocenters. The molecule has 2 aromatic carbocycles. The number of nitrogens with zero attached hydrogens (tertiary/aromatic N) is 1. The van der Waals surface area contributed by atoms with Crippen LogP contribution in [0.5, 0.6) is 11.5 Å². The van der Waals surface area contributed by atoms with E-state index in [4.69, 9.17) is 9.47 Å². The Kier molecular flexibility index (Phi) is 6.99. The first-order valence-electron chi connectivity index (χ1n) is 9.80. The number of ether oxygens (including phenoxy) is 2. The molecule has 2 aromatic rings. The number of methoxy groups -OCH3 is 1. The number of imide groups is 2. The van der Waals surface area contributed by atoms with Gasteiger partial charge in [-0.05, 0) is 78.3 Å².